The highest BCUT2D eigenvalue weighted by Crippen LogP contribution is 2.33. The number of hydrogen-bond donors (Lipinski definition) is 0. The Balaban J connectivity index is 1.74. The number of carbonyl (C=O) groups is 2. The van der Waals surface area contributed by atoms with Gasteiger partial charge in [0.15, 0.2) is 5.88 Å². The van der Waals surface area contributed by atoms with Crippen LogP contribution in [0.15, 0.2) is 21.5 Å². The highest BCUT2D eigenvalue weighted by atomic mass is 32.2. The topological polar surface area (TPSA) is 86.0 Å². The van der Waals surface area contributed by atoms with Gasteiger partial charge in [0.1, 0.15) is 10.1 Å². The summed E-state index contributed by atoms with van der Waals surface area (Å²) >= 11 is 6.07. The number of amides is 1. The number of carbonyl (C=O) groups excluding carboxylic acids is 2. The summed E-state index contributed by atoms with van der Waals surface area (Å²) < 4.78 is 11.2. The smallest absolute Gasteiger partial charge is 0.266 e. The Bertz CT molecular complexity index is 678. The molecule has 2 fully saturated rings. The molecule has 0 aliphatic carbocycles. The van der Waals surface area contributed by atoms with Gasteiger partial charge in [-0.25, -0.2) is 0 Å². The molecule has 3 heterocycles. The van der Waals surface area contributed by atoms with Crippen molar-refractivity contribution < 1.29 is 23.8 Å². The SMILES string of the molecule is O=C([O-])CN1C(=O)/C(=C\c2ccc(N3CCOCC3)o2)SC1=S. The van der Waals surface area contributed by atoms with E-state index in [1.54, 1.807) is 12.1 Å². The van der Waals surface area contributed by atoms with E-state index in [2.05, 4.69) is 4.90 Å². The molecule has 0 unspecified atom stereocenters. The number of anilines is 1. The molecule has 0 radical (unpaired) electrons. The monoisotopic (exact) mass is 353 g/mol. The highest BCUT2D eigenvalue weighted by molar-refractivity contribution is 8.26. The molecule has 0 atom stereocenters. The molecular formula is C14H13N2O5S2-. The van der Waals surface area contributed by atoms with Gasteiger partial charge in [0, 0.05) is 25.2 Å². The van der Waals surface area contributed by atoms with Crippen LogP contribution in [0.4, 0.5) is 5.88 Å². The van der Waals surface area contributed by atoms with E-state index in [1.165, 1.54) is 0 Å². The van der Waals surface area contributed by atoms with Crippen LogP contribution in [0.25, 0.3) is 6.08 Å². The zero-order valence-electron chi connectivity index (χ0n) is 12.0. The Morgan fingerprint density at radius 2 is 2.13 bits per heavy atom. The number of aliphatic carboxylic acids is 1. The molecule has 23 heavy (non-hydrogen) atoms. The molecule has 2 aliphatic heterocycles. The fraction of sp³-hybridized carbons (Fsp3) is 0.357. The summed E-state index contributed by atoms with van der Waals surface area (Å²) in [5.74, 6) is -0.575. The molecule has 0 spiro atoms. The molecular weight excluding hydrogens is 340 g/mol. The van der Waals surface area contributed by atoms with Crippen molar-refractivity contribution in [1.82, 2.24) is 4.90 Å². The normalized spacial score (nSPS) is 20.6. The third-order valence-electron chi connectivity index (χ3n) is 3.37. The van der Waals surface area contributed by atoms with Gasteiger partial charge >= 0.3 is 0 Å². The van der Waals surface area contributed by atoms with Crippen molar-refractivity contribution in [2.24, 2.45) is 0 Å². The van der Waals surface area contributed by atoms with Crippen LogP contribution >= 0.6 is 24.0 Å². The van der Waals surface area contributed by atoms with Crippen molar-refractivity contribution in [3.05, 3.63) is 22.8 Å². The average Bonchev–Trinajstić information content (AvgIpc) is 3.09. The van der Waals surface area contributed by atoms with Gasteiger partial charge in [-0.05, 0) is 6.07 Å². The van der Waals surface area contributed by atoms with Gasteiger partial charge in [0.2, 0.25) is 0 Å². The van der Waals surface area contributed by atoms with E-state index in [0.717, 1.165) is 29.8 Å². The van der Waals surface area contributed by atoms with Crippen LogP contribution in [0.2, 0.25) is 0 Å². The van der Waals surface area contributed by atoms with Crippen molar-refractivity contribution in [3.63, 3.8) is 0 Å². The second-order valence-corrected chi connectivity index (χ2v) is 6.59. The molecule has 1 aromatic rings. The predicted molar refractivity (Wildman–Crippen MR) is 86.6 cm³/mol. The lowest BCUT2D eigenvalue weighted by Crippen LogP contribution is -2.40. The van der Waals surface area contributed by atoms with Gasteiger partial charge in [0.05, 0.1) is 30.6 Å². The van der Waals surface area contributed by atoms with Gasteiger partial charge in [-0.3, -0.25) is 9.69 Å². The minimum atomic E-state index is -1.35. The maximum absolute atomic E-state index is 12.2. The van der Waals surface area contributed by atoms with E-state index in [-0.39, 0.29) is 4.32 Å². The zero-order valence-corrected chi connectivity index (χ0v) is 13.7. The number of carboxylic acids is 1. The number of ether oxygens (including phenoxy) is 1. The van der Waals surface area contributed by atoms with Gasteiger partial charge in [-0.2, -0.15) is 0 Å². The molecule has 2 aliphatic rings. The minimum absolute atomic E-state index is 0.199. The van der Waals surface area contributed by atoms with Crippen molar-refractivity contribution in [2.75, 3.05) is 37.7 Å². The largest absolute Gasteiger partial charge is 0.548 e. The van der Waals surface area contributed by atoms with Crippen LogP contribution in [0.3, 0.4) is 0 Å². The Morgan fingerprint density at radius 1 is 1.39 bits per heavy atom. The standard InChI is InChI=1S/C14H14N2O5S2/c17-12(18)8-16-13(19)10(23-14(16)22)7-9-1-2-11(21-9)15-3-5-20-6-4-15/h1-2,7H,3-6,8H2,(H,17,18)/p-1/b10-7+. The lowest BCUT2D eigenvalue weighted by molar-refractivity contribution is -0.305. The molecule has 0 bridgehead atoms. The Kier molecular flexibility index (Phi) is 4.69. The van der Waals surface area contributed by atoms with Crippen molar-refractivity contribution in [3.8, 4) is 0 Å². The second-order valence-electron chi connectivity index (χ2n) is 4.92. The summed E-state index contributed by atoms with van der Waals surface area (Å²) in [7, 11) is 0. The molecule has 0 N–H and O–H groups in total. The summed E-state index contributed by atoms with van der Waals surface area (Å²) in [4.78, 5) is 26.2. The van der Waals surface area contributed by atoms with Crippen LogP contribution in [0.1, 0.15) is 5.76 Å². The first-order chi connectivity index (χ1) is 11.0. The van der Waals surface area contributed by atoms with E-state index in [4.69, 9.17) is 21.4 Å². The predicted octanol–water partition coefficient (Wildman–Crippen LogP) is 0.0673. The third-order valence-corrected chi connectivity index (χ3v) is 4.75. The molecule has 0 aromatic carbocycles. The van der Waals surface area contributed by atoms with Crippen molar-refractivity contribution in [2.45, 2.75) is 0 Å². The summed E-state index contributed by atoms with van der Waals surface area (Å²) in [5.41, 5.74) is 0. The van der Waals surface area contributed by atoms with Crippen molar-refractivity contribution >= 4 is 52.1 Å². The van der Waals surface area contributed by atoms with Crippen LogP contribution in [-0.4, -0.2) is 53.9 Å². The van der Waals surface area contributed by atoms with E-state index < -0.39 is 18.4 Å². The average molecular weight is 353 g/mol. The lowest BCUT2D eigenvalue weighted by Gasteiger charge is -2.26. The number of thiocarbonyl (C=S) groups is 1. The number of nitrogens with zero attached hydrogens (tertiary/aromatic N) is 2. The molecule has 122 valence electrons. The third kappa shape index (κ3) is 3.57. The highest BCUT2D eigenvalue weighted by Gasteiger charge is 2.32. The first-order valence-corrected chi connectivity index (χ1v) is 8.15. The summed E-state index contributed by atoms with van der Waals surface area (Å²) in [6, 6.07) is 3.59. The summed E-state index contributed by atoms with van der Waals surface area (Å²) in [6.45, 7) is 2.26. The Hall–Kier alpha value is -1.84. The quantitative estimate of drug-likeness (QED) is 0.555. The Morgan fingerprint density at radius 3 is 2.83 bits per heavy atom. The molecule has 1 aromatic heterocycles. The van der Waals surface area contributed by atoms with Gasteiger partial charge < -0.3 is 24.0 Å². The fourth-order valence-electron chi connectivity index (χ4n) is 2.27. The number of morpholine rings is 1. The first-order valence-electron chi connectivity index (χ1n) is 6.92. The minimum Gasteiger partial charge on any atom is -0.548 e. The van der Waals surface area contributed by atoms with Gasteiger partial charge in [-0.15, -0.1) is 0 Å². The molecule has 2 saturated heterocycles. The molecule has 7 nitrogen and oxygen atoms in total. The fourth-order valence-corrected chi connectivity index (χ4v) is 3.50. The molecule has 0 saturated carbocycles. The first kappa shape index (κ1) is 16.0. The van der Waals surface area contributed by atoms with Gasteiger partial charge in [0.25, 0.3) is 5.91 Å². The molecule has 9 heteroatoms. The van der Waals surface area contributed by atoms with Crippen LogP contribution in [-0.2, 0) is 14.3 Å². The van der Waals surface area contributed by atoms with E-state index >= 15 is 0 Å². The lowest BCUT2D eigenvalue weighted by atomic mass is 10.3. The van der Waals surface area contributed by atoms with Gasteiger partial charge in [-0.1, -0.05) is 24.0 Å². The maximum atomic E-state index is 12.2. The summed E-state index contributed by atoms with van der Waals surface area (Å²) in [6.07, 6.45) is 1.57. The number of rotatable bonds is 4. The maximum Gasteiger partial charge on any atom is 0.266 e. The van der Waals surface area contributed by atoms with E-state index in [0.29, 0.717) is 29.8 Å². The number of hydrogen-bond acceptors (Lipinski definition) is 8. The van der Waals surface area contributed by atoms with E-state index in [1.807, 2.05) is 6.07 Å². The van der Waals surface area contributed by atoms with Crippen molar-refractivity contribution in [1.29, 1.82) is 0 Å². The molecule has 3 rings (SSSR count). The number of furan rings is 1. The Labute approximate surface area is 141 Å². The zero-order chi connectivity index (χ0) is 16.4. The molecule has 1 amide bonds. The second kappa shape index (κ2) is 6.73. The van der Waals surface area contributed by atoms with Crippen LogP contribution in [0.5, 0.6) is 0 Å². The number of carboxylic acid groups (broad SMARTS) is 1. The number of thioether (sulfide) groups is 1. The summed E-state index contributed by atoms with van der Waals surface area (Å²) in [5, 5.41) is 10.7. The van der Waals surface area contributed by atoms with Crippen LogP contribution < -0.4 is 10.0 Å². The van der Waals surface area contributed by atoms with Crippen LogP contribution in [0, 0.1) is 0 Å². The van der Waals surface area contributed by atoms with E-state index in [9.17, 15) is 14.7 Å².